The van der Waals surface area contributed by atoms with Crippen molar-refractivity contribution in [1.82, 2.24) is 9.97 Å². The van der Waals surface area contributed by atoms with Crippen LogP contribution in [0.3, 0.4) is 0 Å². The number of halogens is 1. The number of anilines is 2. The average molecular weight is 537 g/mol. The zero-order valence-electron chi connectivity index (χ0n) is 19.2. The standard InChI is InChI=1S/C26H21ClN4O3S2/c1-17-7-6-8-18(13-17)15-31-22-12-5-2-9-19(22)25-23(36(31,33)34)14-28-26(30-25)35-16-24(32)29-21-11-4-3-10-20(21)27/h2-14H,15-16H2,1H3,(H,29,32). The fourth-order valence-electron chi connectivity index (χ4n) is 3.97. The van der Waals surface area contributed by atoms with E-state index in [1.165, 1.54) is 10.5 Å². The van der Waals surface area contributed by atoms with Crippen LogP contribution in [0.1, 0.15) is 11.1 Å². The molecule has 2 heterocycles. The predicted octanol–water partition coefficient (Wildman–Crippen LogP) is 5.55. The monoisotopic (exact) mass is 536 g/mol. The maximum Gasteiger partial charge on any atom is 0.268 e. The Morgan fingerprint density at radius 3 is 2.64 bits per heavy atom. The fourth-order valence-corrected chi connectivity index (χ4v) is 6.33. The van der Waals surface area contributed by atoms with Gasteiger partial charge in [0.1, 0.15) is 4.90 Å². The van der Waals surface area contributed by atoms with Gasteiger partial charge in [0, 0.05) is 5.56 Å². The molecule has 182 valence electrons. The molecule has 0 saturated heterocycles. The van der Waals surface area contributed by atoms with Gasteiger partial charge in [-0.15, -0.1) is 0 Å². The van der Waals surface area contributed by atoms with Gasteiger partial charge >= 0.3 is 0 Å². The summed E-state index contributed by atoms with van der Waals surface area (Å²) in [5.74, 6) is -0.232. The van der Waals surface area contributed by atoms with Crippen LogP contribution < -0.4 is 9.62 Å². The minimum atomic E-state index is -3.90. The highest BCUT2D eigenvalue weighted by atomic mass is 35.5. The van der Waals surface area contributed by atoms with Crippen molar-refractivity contribution in [3.8, 4) is 11.3 Å². The second kappa shape index (κ2) is 9.93. The molecular weight excluding hydrogens is 516 g/mol. The Kier molecular flexibility index (Phi) is 6.70. The van der Waals surface area contributed by atoms with Crippen molar-refractivity contribution in [3.05, 3.63) is 95.1 Å². The Hall–Kier alpha value is -3.40. The molecule has 0 fully saturated rings. The highest BCUT2D eigenvalue weighted by molar-refractivity contribution is 7.99. The van der Waals surface area contributed by atoms with Crippen molar-refractivity contribution in [2.45, 2.75) is 23.5 Å². The first-order chi connectivity index (χ1) is 17.3. The minimum Gasteiger partial charge on any atom is -0.324 e. The zero-order valence-corrected chi connectivity index (χ0v) is 21.6. The first kappa shape index (κ1) is 24.3. The number of aromatic nitrogens is 2. The Morgan fingerprint density at radius 2 is 1.83 bits per heavy atom. The maximum absolute atomic E-state index is 13.6. The molecule has 0 aliphatic carbocycles. The summed E-state index contributed by atoms with van der Waals surface area (Å²) in [6, 6.07) is 22.0. The van der Waals surface area contributed by atoms with Crippen LogP contribution in [-0.2, 0) is 21.4 Å². The molecular formula is C26H21ClN4O3S2. The van der Waals surface area contributed by atoms with E-state index >= 15 is 0 Å². The van der Waals surface area contributed by atoms with Crippen molar-refractivity contribution >= 4 is 50.7 Å². The third-order valence-electron chi connectivity index (χ3n) is 5.62. The molecule has 0 bridgehead atoms. The van der Waals surface area contributed by atoms with Gasteiger partial charge in [0.05, 0.1) is 40.6 Å². The first-order valence-corrected chi connectivity index (χ1v) is 13.9. The number of carbonyl (C=O) groups excluding carboxylic acids is 1. The zero-order chi connectivity index (χ0) is 25.3. The van der Waals surface area contributed by atoms with E-state index in [4.69, 9.17) is 11.6 Å². The van der Waals surface area contributed by atoms with Gasteiger partial charge in [0.15, 0.2) is 5.16 Å². The number of nitrogens with one attached hydrogen (secondary N) is 1. The average Bonchev–Trinajstić information content (AvgIpc) is 2.87. The molecule has 1 aromatic heterocycles. The van der Waals surface area contributed by atoms with Crippen LogP contribution in [-0.4, -0.2) is 30.0 Å². The second-order valence-electron chi connectivity index (χ2n) is 8.20. The number of sulfonamides is 1. The number of rotatable bonds is 6. The number of hydrogen-bond acceptors (Lipinski definition) is 6. The topological polar surface area (TPSA) is 92.3 Å². The molecule has 5 rings (SSSR count). The summed E-state index contributed by atoms with van der Waals surface area (Å²) in [7, 11) is -3.90. The minimum absolute atomic E-state index is 0.0396. The largest absolute Gasteiger partial charge is 0.324 e. The summed E-state index contributed by atoms with van der Waals surface area (Å²) in [5, 5.41) is 3.50. The lowest BCUT2D eigenvalue weighted by Crippen LogP contribution is -2.34. The summed E-state index contributed by atoms with van der Waals surface area (Å²) >= 11 is 7.22. The number of benzene rings is 3. The Labute approximate surface area is 218 Å². The molecule has 1 aliphatic rings. The third-order valence-corrected chi connectivity index (χ3v) is 8.57. The molecule has 1 amide bonds. The number of aryl methyl sites for hydroxylation is 1. The highest BCUT2D eigenvalue weighted by Gasteiger charge is 2.36. The van der Waals surface area contributed by atoms with E-state index in [1.807, 2.05) is 43.3 Å². The lowest BCUT2D eigenvalue weighted by molar-refractivity contribution is -0.113. The number of para-hydroxylation sites is 2. The summed E-state index contributed by atoms with van der Waals surface area (Å²) in [6.45, 7) is 2.17. The molecule has 36 heavy (non-hydrogen) atoms. The second-order valence-corrected chi connectivity index (χ2v) is 11.4. The molecule has 10 heteroatoms. The Balaban J connectivity index is 1.42. The van der Waals surface area contributed by atoms with Crippen molar-refractivity contribution in [2.75, 3.05) is 15.4 Å². The van der Waals surface area contributed by atoms with E-state index in [2.05, 4.69) is 15.3 Å². The number of nitrogens with zero attached hydrogens (tertiary/aromatic N) is 3. The molecule has 4 aromatic rings. The number of amides is 1. The lowest BCUT2D eigenvalue weighted by atomic mass is 10.1. The molecule has 7 nitrogen and oxygen atoms in total. The van der Waals surface area contributed by atoms with Crippen molar-refractivity contribution in [2.24, 2.45) is 0 Å². The van der Waals surface area contributed by atoms with Gasteiger partial charge in [-0.2, -0.15) is 0 Å². The van der Waals surface area contributed by atoms with Crippen LogP contribution in [0.4, 0.5) is 11.4 Å². The van der Waals surface area contributed by atoms with Gasteiger partial charge < -0.3 is 5.32 Å². The number of hydrogen-bond donors (Lipinski definition) is 1. The molecule has 0 saturated carbocycles. The fraction of sp³-hybridized carbons (Fsp3) is 0.115. The number of fused-ring (bicyclic) bond motifs is 3. The maximum atomic E-state index is 13.6. The van der Waals surface area contributed by atoms with E-state index in [0.29, 0.717) is 32.8 Å². The van der Waals surface area contributed by atoms with Gasteiger partial charge in [-0.3, -0.25) is 9.10 Å². The van der Waals surface area contributed by atoms with E-state index < -0.39 is 10.0 Å². The van der Waals surface area contributed by atoms with E-state index in [1.54, 1.807) is 36.4 Å². The van der Waals surface area contributed by atoms with Crippen LogP contribution in [0.2, 0.25) is 5.02 Å². The molecule has 3 aromatic carbocycles. The van der Waals surface area contributed by atoms with Crippen molar-refractivity contribution in [3.63, 3.8) is 0 Å². The molecule has 0 unspecified atom stereocenters. The first-order valence-electron chi connectivity index (χ1n) is 11.0. The molecule has 0 spiro atoms. The number of thioether (sulfide) groups is 1. The summed E-state index contributed by atoms with van der Waals surface area (Å²) in [6.07, 6.45) is 1.32. The van der Waals surface area contributed by atoms with Crippen LogP contribution >= 0.6 is 23.4 Å². The smallest absolute Gasteiger partial charge is 0.268 e. The normalized spacial score (nSPS) is 13.6. The van der Waals surface area contributed by atoms with Crippen molar-refractivity contribution < 1.29 is 13.2 Å². The van der Waals surface area contributed by atoms with Crippen LogP contribution in [0.5, 0.6) is 0 Å². The lowest BCUT2D eigenvalue weighted by Gasteiger charge is -2.31. The van der Waals surface area contributed by atoms with Gasteiger partial charge in [-0.25, -0.2) is 18.4 Å². The van der Waals surface area contributed by atoms with E-state index in [-0.39, 0.29) is 23.1 Å². The van der Waals surface area contributed by atoms with Gasteiger partial charge in [-0.05, 0) is 30.7 Å². The predicted molar refractivity (Wildman–Crippen MR) is 143 cm³/mol. The molecule has 1 aliphatic heterocycles. The van der Waals surface area contributed by atoms with Gasteiger partial charge in [-0.1, -0.05) is 83.5 Å². The molecule has 1 N–H and O–H groups in total. The van der Waals surface area contributed by atoms with Gasteiger partial charge in [0.2, 0.25) is 5.91 Å². The van der Waals surface area contributed by atoms with Crippen LogP contribution in [0, 0.1) is 6.92 Å². The highest BCUT2D eigenvalue weighted by Crippen LogP contribution is 2.42. The summed E-state index contributed by atoms with van der Waals surface area (Å²) in [4.78, 5) is 21.3. The van der Waals surface area contributed by atoms with E-state index in [9.17, 15) is 13.2 Å². The molecule has 0 atom stereocenters. The Morgan fingerprint density at radius 1 is 1.06 bits per heavy atom. The van der Waals surface area contributed by atoms with Crippen molar-refractivity contribution in [1.29, 1.82) is 0 Å². The Bertz CT molecular complexity index is 1580. The van der Waals surface area contributed by atoms with Crippen LogP contribution in [0.25, 0.3) is 11.3 Å². The number of carbonyl (C=O) groups is 1. The third kappa shape index (κ3) is 4.82. The van der Waals surface area contributed by atoms with Crippen LogP contribution in [0.15, 0.2) is 89.0 Å². The van der Waals surface area contributed by atoms with E-state index in [0.717, 1.165) is 22.9 Å². The quantitative estimate of drug-likeness (QED) is 0.257. The summed E-state index contributed by atoms with van der Waals surface area (Å²) in [5.41, 5.74) is 4.03. The van der Waals surface area contributed by atoms with Gasteiger partial charge in [0.25, 0.3) is 10.0 Å². The molecule has 0 radical (unpaired) electrons. The SMILES string of the molecule is Cc1cccc(CN2c3ccccc3-c3nc(SCC(=O)Nc4ccccc4Cl)ncc3S2(=O)=O)c1. The summed E-state index contributed by atoms with van der Waals surface area (Å²) < 4.78 is 28.7.